The minimum Gasteiger partial charge on any atom is -0.355 e. The molecule has 0 aliphatic carbocycles. The Labute approximate surface area is 118 Å². The average molecular weight is 305 g/mol. The molecule has 1 aromatic rings. The Balaban J connectivity index is 2.70. The van der Waals surface area contributed by atoms with E-state index in [9.17, 15) is 13.2 Å². The van der Waals surface area contributed by atoms with Gasteiger partial charge in [-0.25, -0.2) is 8.42 Å². The van der Waals surface area contributed by atoms with E-state index in [0.717, 1.165) is 6.26 Å². The standard InChI is InChI=1S/C12H17ClN2O3S/c1-9(16)15-7-6-14-8-10-11(13)4-3-5-12(10)19(2,17)18/h3-5,14H,6-8H2,1-2H3,(H,15,16). The smallest absolute Gasteiger partial charge is 0.216 e. The first-order valence-electron chi connectivity index (χ1n) is 5.75. The van der Waals surface area contributed by atoms with E-state index < -0.39 is 9.84 Å². The number of nitrogens with one attached hydrogen (secondary N) is 2. The highest BCUT2D eigenvalue weighted by Crippen LogP contribution is 2.23. The summed E-state index contributed by atoms with van der Waals surface area (Å²) in [6, 6.07) is 4.80. The summed E-state index contributed by atoms with van der Waals surface area (Å²) in [7, 11) is -3.31. The first kappa shape index (κ1) is 15.9. The molecule has 0 fully saturated rings. The van der Waals surface area contributed by atoms with Crippen LogP contribution in [0.15, 0.2) is 23.1 Å². The Morgan fingerprint density at radius 1 is 1.32 bits per heavy atom. The Morgan fingerprint density at radius 2 is 2.00 bits per heavy atom. The molecule has 0 aromatic heterocycles. The summed E-state index contributed by atoms with van der Waals surface area (Å²) in [5, 5.41) is 6.10. The van der Waals surface area contributed by atoms with Gasteiger partial charge in [0.1, 0.15) is 0 Å². The van der Waals surface area contributed by atoms with Crippen LogP contribution in [0.25, 0.3) is 0 Å². The molecule has 0 unspecified atom stereocenters. The van der Waals surface area contributed by atoms with Gasteiger partial charge < -0.3 is 10.6 Å². The topological polar surface area (TPSA) is 75.3 Å². The van der Waals surface area contributed by atoms with Gasteiger partial charge in [-0.1, -0.05) is 17.7 Å². The van der Waals surface area contributed by atoms with Gasteiger partial charge in [0.15, 0.2) is 9.84 Å². The van der Waals surface area contributed by atoms with Crippen molar-refractivity contribution < 1.29 is 13.2 Å². The maximum absolute atomic E-state index is 11.6. The monoisotopic (exact) mass is 304 g/mol. The lowest BCUT2D eigenvalue weighted by Gasteiger charge is -2.11. The normalized spacial score (nSPS) is 11.3. The Bertz CT molecular complexity index is 558. The minimum atomic E-state index is -3.31. The molecule has 0 saturated heterocycles. The predicted molar refractivity (Wildman–Crippen MR) is 75.0 cm³/mol. The highest BCUT2D eigenvalue weighted by molar-refractivity contribution is 7.90. The molecule has 0 heterocycles. The molecule has 0 bridgehead atoms. The third-order valence-electron chi connectivity index (χ3n) is 2.45. The van der Waals surface area contributed by atoms with Crippen LogP contribution < -0.4 is 10.6 Å². The van der Waals surface area contributed by atoms with Crippen LogP contribution in [0.5, 0.6) is 0 Å². The summed E-state index contributed by atoms with van der Waals surface area (Å²) in [5.74, 6) is -0.101. The summed E-state index contributed by atoms with van der Waals surface area (Å²) in [4.78, 5) is 10.9. The first-order chi connectivity index (χ1) is 8.82. The third kappa shape index (κ3) is 5.18. The number of carbonyl (C=O) groups is 1. The van der Waals surface area contributed by atoms with Crippen LogP contribution in [0.1, 0.15) is 12.5 Å². The molecule has 1 aromatic carbocycles. The molecule has 0 aliphatic heterocycles. The maximum Gasteiger partial charge on any atom is 0.216 e. The minimum absolute atomic E-state index is 0.101. The van der Waals surface area contributed by atoms with E-state index in [0.29, 0.717) is 30.2 Å². The van der Waals surface area contributed by atoms with Crippen molar-refractivity contribution in [2.24, 2.45) is 0 Å². The van der Waals surface area contributed by atoms with Crippen LogP contribution in [0.2, 0.25) is 5.02 Å². The zero-order valence-corrected chi connectivity index (χ0v) is 12.4. The largest absolute Gasteiger partial charge is 0.355 e. The van der Waals surface area contributed by atoms with E-state index in [1.807, 2.05) is 0 Å². The fraction of sp³-hybridized carbons (Fsp3) is 0.417. The summed E-state index contributed by atoms with van der Waals surface area (Å²) in [6.45, 7) is 2.79. The average Bonchev–Trinajstić information content (AvgIpc) is 2.28. The second kappa shape index (κ2) is 6.88. The molecular formula is C12H17ClN2O3S. The van der Waals surface area contributed by atoms with Gasteiger partial charge in [-0.2, -0.15) is 0 Å². The van der Waals surface area contributed by atoms with Gasteiger partial charge in [0.05, 0.1) is 4.90 Å². The number of hydrogen-bond acceptors (Lipinski definition) is 4. The van der Waals surface area contributed by atoms with E-state index in [1.165, 1.54) is 13.0 Å². The molecule has 0 aliphatic rings. The van der Waals surface area contributed by atoms with Crippen molar-refractivity contribution in [3.63, 3.8) is 0 Å². The summed E-state index contributed by atoms with van der Waals surface area (Å²) >= 11 is 6.02. The van der Waals surface area contributed by atoms with Crippen molar-refractivity contribution in [2.45, 2.75) is 18.4 Å². The van der Waals surface area contributed by atoms with E-state index >= 15 is 0 Å². The van der Waals surface area contributed by atoms with Crippen LogP contribution in [-0.2, 0) is 21.2 Å². The van der Waals surface area contributed by atoms with Gasteiger partial charge in [-0.05, 0) is 12.1 Å². The van der Waals surface area contributed by atoms with Gasteiger partial charge in [0, 0.05) is 43.4 Å². The molecule has 106 valence electrons. The van der Waals surface area contributed by atoms with Gasteiger partial charge >= 0.3 is 0 Å². The van der Waals surface area contributed by atoms with Crippen molar-refractivity contribution in [2.75, 3.05) is 19.3 Å². The Hall–Kier alpha value is -1.11. The van der Waals surface area contributed by atoms with Gasteiger partial charge in [0.25, 0.3) is 0 Å². The van der Waals surface area contributed by atoms with Crippen LogP contribution in [0.4, 0.5) is 0 Å². The number of hydrogen-bond donors (Lipinski definition) is 2. The molecule has 1 rings (SSSR count). The summed E-state index contributed by atoms with van der Waals surface area (Å²) in [6.07, 6.45) is 1.15. The van der Waals surface area contributed by atoms with Crippen LogP contribution in [0, 0.1) is 0 Å². The summed E-state index contributed by atoms with van der Waals surface area (Å²) in [5.41, 5.74) is 0.550. The second-order valence-electron chi connectivity index (χ2n) is 4.15. The molecule has 0 radical (unpaired) electrons. The van der Waals surface area contributed by atoms with Crippen LogP contribution in [-0.4, -0.2) is 33.7 Å². The van der Waals surface area contributed by atoms with E-state index in [-0.39, 0.29) is 10.8 Å². The zero-order valence-electron chi connectivity index (χ0n) is 10.9. The molecule has 5 nitrogen and oxygen atoms in total. The Kier molecular flexibility index (Phi) is 5.78. The van der Waals surface area contributed by atoms with Crippen molar-refractivity contribution in [1.82, 2.24) is 10.6 Å². The molecular weight excluding hydrogens is 288 g/mol. The van der Waals surface area contributed by atoms with Gasteiger partial charge in [0.2, 0.25) is 5.91 Å². The zero-order chi connectivity index (χ0) is 14.5. The number of amides is 1. The van der Waals surface area contributed by atoms with E-state index in [1.54, 1.807) is 12.1 Å². The third-order valence-corrected chi connectivity index (χ3v) is 3.99. The molecule has 1 amide bonds. The van der Waals surface area contributed by atoms with Crippen molar-refractivity contribution in [1.29, 1.82) is 0 Å². The molecule has 7 heteroatoms. The first-order valence-corrected chi connectivity index (χ1v) is 8.02. The van der Waals surface area contributed by atoms with Crippen LogP contribution >= 0.6 is 11.6 Å². The predicted octanol–water partition coefficient (Wildman–Crippen LogP) is 0.969. The lowest BCUT2D eigenvalue weighted by Crippen LogP contribution is -2.30. The van der Waals surface area contributed by atoms with E-state index in [4.69, 9.17) is 11.6 Å². The molecule has 0 spiro atoms. The molecule has 2 N–H and O–H groups in total. The fourth-order valence-corrected chi connectivity index (χ4v) is 2.85. The van der Waals surface area contributed by atoms with Crippen molar-refractivity contribution >= 4 is 27.3 Å². The number of carbonyl (C=O) groups excluding carboxylic acids is 1. The fourth-order valence-electron chi connectivity index (χ4n) is 1.60. The molecule has 0 atom stereocenters. The number of sulfone groups is 1. The Morgan fingerprint density at radius 3 is 2.58 bits per heavy atom. The number of halogens is 1. The van der Waals surface area contributed by atoms with Gasteiger partial charge in [-0.3, -0.25) is 4.79 Å². The van der Waals surface area contributed by atoms with Crippen LogP contribution in [0.3, 0.4) is 0 Å². The van der Waals surface area contributed by atoms with Gasteiger partial charge in [-0.15, -0.1) is 0 Å². The quantitative estimate of drug-likeness (QED) is 0.768. The molecule has 0 saturated carbocycles. The van der Waals surface area contributed by atoms with E-state index in [2.05, 4.69) is 10.6 Å². The number of rotatable bonds is 6. The summed E-state index contributed by atoms with van der Waals surface area (Å²) < 4.78 is 23.3. The highest BCUT2D eigenvalue weighted by Gasteiger charge is 2.15. The lowest BCUT2D eigenvalue weighted by atomic mass is 10.2. The SMILES string of the molecule is CC(=O)NCCNCc1c(Cl)cccc1S(C)(=O)=O. The van der Waals surface area contributed by atoms with Crippen molar-refractivity contribution in [3.8, 4) is 0 Å². The molecule has 19 heavy (non-hydrogen) atoms. The maximum atomic E-state index is 11.6. The van der Waals surface area contributed by atoms with Crippen molar-refractivity contribution in [3.05, 3.63) is 28.8 Å². The lowest BCUT2D eigenvalue weighted by molar-refractivity contribution is -0.118. The number of benzene rings is 1. The second-order valence-corrected chi connectivity index (χ2v) is 6.54. The highest BCUT2D eigenvalue weighted by atomic mass is 35.5.